The van der Waals surface area contributed by atoms with Gasteiger partial charge in [0, 0.05) is 29.5 Å². The predicted molar refractivity (Wildman–Crippen MR) is 140 cm³/mol. The fraction of sp³-hybridized carbons (Fsp3) is 0.387. The van der Waals surface area contributed by atoms with Gasteiger partial charge in [-0.2, -0.15) is 0 Å². The molecule has 0 aromatic heterocycles. The van der Waals surface area contributed by atoms with Crippen LogP contribution in [0.3, 0.4) is 0 Å². The minimum atomic E-state index is -0.850. The summed E-state index contributed by atoms with van der Waals surface area (Å²) in [5.74, 6) is 0.784. The van der Waals surface area contributed by atoms with Crippen molar-refractivity contribution in [2.75, 3.05) is 19.8 Å². The van der Waals surface area contributed by atoms with Crippen LogP contribution in [0, 0.1) is 19.7 Å². The number of hydrogen-bond acceptors (Lipinski definition) is 5. The summed E-state index contributed by atoms with van der Waals surface area (Å²) in [5.41, 5.74) is 6.78. The van der Waals surface area contributed by atoms with Gasteiger partial charge in [0.1, 0.15) is 35.3 Å². The van der Waals surface area contributed by atoms with Gasteiger partial charge >= 0.3 is 5.97 Å². The Labute approximate surface area is 221 Å². The van der Waals surface area contributed by atoms with Gasteiger partial charge in [0.25, 0.3) is 0 Å². The number of benzene rings is 3. The van der Waals surface area contributed by atoms with Crippen molar-refractivity contribution < 1.29 is 33.2 Å². The molecule has 7 heteroatoms. The minimum Gasteiger partial charge on any atom is -0.492 e. The van der Waals surface area contributed by atoms with Crippen LogP contribution in [0.5, 0.6) is 17.2 Å². The van der Waals surface area contributed by atoms with Gasteiger partial charge in [0.05, 0.1) is 26.2 Å². The smallest absolute Gasteiger partial charge is 0.304 e. The van der Waals surface area contributed by atoms with Crippen molar-refractivity contribution in [1.82, 2.24) is 0 Å². The fourth-order valence-electron chi connectivity index (χ4n) is 6.11. The van der Waals surface area contributed by atoms with E-state index in [4.69, 9.17) is 24.1 Å². The van der Waals surface area contributed by atoms with E-state index in [0.717, 1.165) is 52.2 Å². The van der Waals surface area contributed by atoms with Crippen LogP contribution >= 0.6 is 0 Å². The first-order chi connectivity index (χ1) is 18.4. The molecular weight excluding hydrogens is 487 g/mol. The summed E-state index contributed by atoms with van der Waals surface area (Å²) in [6.45, 7) is 5.83. The minimum absolute atomic E-state index is 0.0259. The van der Waals surface area contributed by atoms with E-state index in [1.54, 1.807) is 6.07 Å². The van der Waals surface area contributed by atoms with Crippen molar-refractivity contribution in [2.24, 2.45) is 0 Å². The van der Waals surface area contributed by atoms with Gasteiger partial charge in [0.15, 0.2) is 0 Å². The quantitative estimate of drug-likeness (QED) is 0.396. The Balaban J connectivity index is 1.27. The number of rotatable bonds is 7. The molecular formula is C31H31FO6. The monoisotopic (exact) mass is 518 g/mol. The molecule has 0 spiro atoms. The molecule has 0 bridgehead atoms. The second kappa shape index (κ2) is 9.95. The van der Waals surface area contributed by atoms with Gasteiger partial charge in [0.2, 0.25) is 0 Å². The Bertz CT molecular complexity index is 1370. The summed E-state index contributed by atoms with van der Waals surface area (Å²) < 4.78 is 38.8. The standard InChI is InChI=1S/C31H31FO6/c1-17-11-22(37-21-9-10-35-16-21)12-18(2)30(17)24-5-7-26(32)31-25(24)6-8-27(31)38-20-3-4-23-19(13-29(33)34)15-36-28(23)14-20/h3-5,7,11-12,14,19,21,27H,6,8-10,13,15-16H2,1-2H3,(H,33,34). The van der Waals surface area contributed by atoms with Crippen LogP contribution < -0.4 is 14.2 Å². The molecule has 3 aromatic carbocycles. The first-order valence-corrected chi connectivity index (χ1v) is 13.2. The van der Waals surface area contributed by atoms with Crippen LogP contribution in [-0.4, -0.2) is 37.0 Å². The van der Waals surface area contributed by atoms with E-state index >= 15 is 4.39 Å². The normalized spacial score (nSPS) is 21.6. The summed E-state index contributed by atoms with van der Waals surface area (Å²) in [7, 11) is 0. The highest BCUT2D eigenvalue weighted by Crippen LogP contribution is 2.45. The van der Waals surface area contributed by atoms with Crippen molar-refractivity contribution >= 4 is 5.97 Å². The molecule has 3 atom stereocenters. The highest BCUT2D eigenvalue weighted by atomic mass is 19.1. The molecule has 198 valence electrons. The first-order valence-electron chi connectivity index (χ1n) is 13.2. The summed E-state index contributed by atoms with van der Waals surface area (Å²) in [5, 5.41) is 9.15. The zero-order valence-corrected chi connectivity index (χ0v) is 21.6. The van der Waals surface area contributed by atoms with E-state index < -0.39 is 12.1 Å². The van der Waals surface area contributed by atoms with Gasteiger partial charge < -0.3 is 24.1 Å². The Morgan fingerprint density at radius 3 is 2.58 bits per heavy atom. The number of carbonyl (C=O) groups is 1. The SMILES string of the molecule is Cc1cc(OC2CCOC2)cc(C)c1-c1ccc(F)c2c1CCC2Oc1ccc2c(c1)OCC2CC(=O)O. The maximum Gasteiger partial charge on any atom is 0.304 e. The maximum atomic E-state index is 15.2. The number of hydrogen-bond donors (Lipinski definition) is 1. The maximum absolute atomic E-state index is 15.2. The molecule has 0 amide bonds. The zero-order valence-electron chi connectivity index (χ0n) is 21.6. The summed E-state index contributed by atoms with van der Waals surface area (Å²) in [6.07, 6.45) is 1.98. The van der Waals surface area contributed by atoms with Crippen molar-refractivity contribution in [3.05, 3.63) is 76.1 Å². The summed E-state index contributed by atoms with van der Waals surface area (Å²) in [4.78, 5) is 11.1. The highest BCUT2D eigenvalue weighted by molar-refractivity contribution is 5.76. The lowest BCUT2D eigenvalue weighted by Gasteiger charge is -2.20. The lowest BCUT2D eigenvalue weighted by Crippen LogP contribution is -2.15. The first kappa shape index (κ1) is 24.7. The molecule has 1 fully saturated rings. The van der Waals surface area contributed by atoms with Crippen LogP contribution in [0.15, 0.2) is 42.5 Å². The van der Waals surface area contributed by atoms with E-state index in [-0.39, 0.29) is 24.3 Å². The number of ether oxygens (including phenoxy) is 4. The molecule has 1 saturated heterocycles. The molecule has 2 aliphatic heterocycles. The van der Waals surface area contributed by atoms with Gasteiger partial charge in [-0.3, -0.25) is 4.79 Å². The van der Waals surface area contributed by atoms with Crippen molar-refractivity contribution in [3.63, 3.8) is 0 Å². The second-order valence-electron chi connectivity index (χ2n) is 10.5. The molecule has 2 heterocycles. The van der Waals surface area contributed by atoms with E-state index in [0.29, 0.717) is 43.1 Å². The van der Waals surface area contributed by atoms with Crippen molar-refractivity contribution in [1.29, 1.82) is 0 Å². The molecule has 6 rings (SSSR count). The third kappa shape index (κ3) is 4.60. The topological polar surface area (TPSA) is 74.2 Å². The molecule has 3 aromatic rings. The number of carboxylic acid groups (broad SMARTS) is 1. The largest absolute Gasteiger partial charge is 0.492 e. The Hall–Kier alpha value is -3.58. The third-order valence-electron chi connectivity index (χ3n) is 7.81. The van der Waals surface area contributed by atoms with Crippen LogP contribution in [0.2, 0.25) is 0 Å². The van der Waals surface area contributed by atoms with E-state index in [1.165, 1.54) is 6.07 Å². The molecule has 0 radical (unpaired) electrons. The average molecular weight is 519 g/mol. The van der Waals surface area contributed by atoms with Crippen molar-refractivity contribution in [2.45, 2.75) is 57.7 Å². The van der Waals surface area contributed by atoms with Gasteiger partial charge in [-0.1, -0.05) is 12.1 Å². The molecule has 6 nitrogen and oxygen atoms in total. The van der Waals surface area contributed by atoms with E-state index in [2.05, 4.69) is 26.0 Å². The van der Waals surface area contributed by atoms with Gasteiger partial charge in [-0.05, 0) is 78.8 Å². The van der Waals surface area contributed by atoms with E-state index in [9.17, 15) is 4.79 Å². The summed E-state index contributed by atoms with van der Waals surface area (Å²) >= 11 is 0. The lowest BCUT2D eigenvalue weighted by atomic mass is 9.90. The number of carboxylic acids is 1. The molecule has 38 heavy (non-hydrogen) atoms. The molecule has 0 saturated carbocycles. The fourth-order valence-corrected chi connectivity index (χ4v) is 6.11. The molecule has 3 unspecified atom stereocenters. The zero-order chi connectivity index (χ0) is 26.4. The molecule has 1 N–H and O–H groups in total. The number of halogens is 1. The Kier molecular flexibility index (Phi) is 6.48. The Morgan fingerprint density at radius 1 is 1.03 bits per heavy atom. The van der Waals surface area contributed by atoms with Crippen LogP contribution in [0.25, 0.3) is 11.1 Å². The van der Waals surface area contributed by atoms with Crippen LogP contribution in [-0.2, 0) is 16.0 Å². The van der Waals surface area contributed by atoms with Gasteiger partial charge in [-0.15, -0.1) is 0 Å². The third-order valence-corrected chi connectivity index (χ3v) is 7.81. The number of aryl methyl sites for hydroxylation is 2. The molecule has 1 aliphatic carbocycles. The second-order valence-corrected chi connectivity index (χ2v) is 10.5. The number of aliphatic carboxylic acids is 1. The Morgan fingerprint density at radius 2 is 1.84 bits per heavy atom. The highest BCUT2D eigenvalue weighted by Gasteiger charge is 2.32. The predicted octanol–water partition coefficient (Wildman–Crippen LogP) is 6.29. The van der Waals surface area contributed by atoms with E-state index in [1.807, 2.05) is 18.2 Å². The van der Waals surface area contributed by atoms with Crippen LogP contribution in [0.1, 0.15) is 59.1 Å². The van der Waals surface area contributed by atoms with Crippen LogP contribution in [0.4, 0.5) is 4.39 Å². The average Bonchev–Trinajstić information content (AvgIpc) is 3.61. The molecule has 3 aliphatic rings. The lowest BCUT2D eigenvalue weighted by molar-refractivity contribution is -0.137. The number of fused-ring (bicyclic) bond motifs is 2. The summed E-state index contributed by atoms with van der Waals surface area (Å²) in [6, 6.07) is 13.0. The van der Waals surface area contributed by atoms with Crippen molar-refractivity contribution in [3.8, 4) is 28.4 Å². The van der Waals surface area contributed by atoms with Gasteiger partial charge in [-0.25, -0.2) is 4.39 Å².